The molecule has 1 aromatic carbocycles. The summed E-state index contributed by atoms with van der Waals surface area (Å²) in [5.74, 6) is 0. The van der Waals surface area contributed by atoms with E-state index in [0.717, 1.165) is 25.3 Å². The van der Waals surface area contributed by atoms with Gasteiger partial charge < -0.3 is 20.0 Å². The van der Waals surface area contributed by atoms with Crippen LogP contribution in [-0.2, 0) is 0 Å². The number of carbonyl (C=O) groups excluding carboxylic acids is 1. The molecule has 7 heteroatoms. The first-order valence-corrected chi connectivity index (χ1v) is 8.11. The maximum absolute atomic E-state index is 12.1. The Morgan fingerprint density at radius 3 is 2.32 bits per heavy atom. The zero-order valence-corrected chi connectivity index (χ0v) is 14.5. The Balaban J connectivity index is 1.86. The lowest BCUT2D eigenvalue weighted by molar-refractivity contribution is 0.193. The minimum Gasteiger partial charge on any atom is -0.366 e. The van der Waals surface area contributed by atoms with Crippen LogP contribution < -0.4 is 10.2 Å². The lowest BCUT2D eigenvalue weighted by Gasteiger charge is -2.36. The fourth-order valence-electron chi connectivity index (χ4n) is 2.42. The quantitative estimate of drug-likeness (QED) is 0.911. The largest absolute Gasteiger partial charge is 0.366 e. The average Bonchev–Trinajstić information content (AvgIpc) is 2.47. The molecular weight excluding hydrogens is 323 g/mol. The maximum atomic E-state index is 12.1. The second-order valence-electron chi connectivity index (χ2n) is 5.58. The number of carbonyl (C=O) groups is 1. The summed E-state index contributed by atoms with van der Waals surface area (Å²) in [7, 11) is 3.97. The summed E-state index contributed by atoms with van der Waals surface area (Å²) in [4.78, 5) is 18.1. The van der Waals surface area contributed by atoms with E-state index in [1.165, 1.54) is 0 Å². The van der Waals surface area contributed by atoms with Crippen LogP contribution in [0.3, 0.4) is 0 Å². The molecule has 0 bridgehead atoms. The van der Waals surface area contributed by atoms with Gasteiger partial charge in [-0.1, -0.05) is 29.3 Å². The Bertz CT molecular complexity index is 496. The highest BCUT2D eigenvalue weighted by Gasteiger charge is 2.23. The third-order valence-corrected chi connectivity index (χ3v) is 4.27. The number of halogens is 2. The maximum Gasteiger partial charge on any atom is 0.317 e. The third-order valence-electron chi connectivity index (χ3n) is 3.66. The molecule has 2 rings (SSSR count). The summed E-state index contributed by atoms with van der Waals surface area (Å²) in [6, 6.07) is 5.50. The number of likely N-dealkylation sites (N-methyl/N-ethyl adjacent to an activating group) is 1. The molecule has 1 aliphatic heterocycles. The van der Waals surface area contributed by atoms with Gasteiger partial charge in [-0.15, -0.1) is 0 Å². The van der Waals surface area contributed by atoms with Crippen LogP contribution in [0.2, 0.25) is 10.0 Å². The van der Waals surface area contributed by atoms with Gasteiger partial charge in [0.15, 0.2) is 0 Å². The zero-order valence-electron chi connectivity index (χ0n) is 13.0. The van der Waals surface area contributed by atoms with Gasteiger partial charge in [-0.25, -0.2) is 4.79 Å². The van der Waals surface area contributed by atoms with Gasteiger partial charge in [0, 0.05) is 39.3 Å². The van der Waals surface area contributed by atoms with Crippen molar-refractivity contribution in [1.29, 1.82) is 0 Å². The molecule has 0 unspecified atom stereocenters. The van der Waals surface area contributed by atoms with Crippen LogP contribution in [0, 0.1) is 0 Å². The normalized spacial score (nSPS) is 15.3. The molecule has 0 saturated carbocycles. The standard InChI is InChI=1S/C15H22Cl2N4O/c1-19(2)7-6-18-15(22)21-10-8-20(9-11-21)14-12(16)4-3-5-13(14)17/h3-5H,6-11H2,1-2H3,(H,18,22). The molecule has 1 aromatic rings. The van der Waals surface area contributed by atoms with Gasteiger partial charge in [0.1, 0.15) is 0 Å². The van der Waals surface area contributed by atoms with Gasteiger partial charge in [0.25, 0.3) is 0 Å². The smallest absolute Gasteiger partial charge is 0.317 e. The lowest BCUT2D eigenvalue weighted by atomic mass is 10.2. The topological polar surface area (TPSA) is 38.8 Å². The minimum atomic E-state index is -0.00763. The number of rotatable bonds is 4. The zero-order chi connectivity index (χ0) is 16.1. The summed E-state index contributed by atoms with van der Waals surface area (Å²) >= 11 is 12.5. The van der Waals surface area contributed by atoms with Crippen LogP contribution in [0.4, 0.5) is 10.5 Å². The predicted molar refractivity (Wildman–Crippen MR) is 92.2 cm³/mol. The number of nitrogens with one attached hydrogen (secondary N) is 1. The summed E-state index contributed by atoms with van der Waals surface area (Å²) in [6.45, 7) is 4.27. The first kappa shape index (κ1) is 17.2. The van der Waals surface area contributed by atoms with E-state index in [4.69, 9.17) is 23.2 Å². The molecule has 0 spiro atoms. The number of piperazine rings is 1. The molecule has 5 nitrogen and oxygen atoms in total. The van der Waals surface area contributed by atoms with Crippen molar-refractivity contribution in [2.45, 2.75) is 0 Å². The van der Waals surface area contributed by atoms with E-state index in [1.807, 2.05) is 42.1 Å². The van der Waals surface area contributed by atoms with Gasteiger partial charge in [-0.05, 0) is 26.2 Å². The number of para-hydroxylation sites is 1. The van der Waals surface area contributed by atoms with Crippen molar-refractivity contribution in [3.63, 3.8) is 0 Å². The molecule has 22 heavy (non-hydrogen) atoms. The molecule has 1 saturated heterocycles. The van der Waals surface area contributed by atoms with Crippen LogP contribution >= 0.6 is 23.2 Å². The Labute approximate surface area is 141 Å². The van der Waals surface area contributed by atoms with Crippen molar-refractivity contribution in [2.24, 2.45) is 0 Å². The Hall–Kier alpha value is -1.17. The van der Waals surface area contributed by atoms with E-state index in [0.29, 0.717) is 29.7 Å². The molecule has 0 aromatic heterocycles. The van der Waals surface area contributed by atoms with E-state index in [9.17, 15) is 4.79 Å². The molecule has 2 amide bonds. The number of amides is 2. The van der Waals surface area contributed by atoms with Gasteiger partial charge in [-0.3, -0.25) is 0 Å². The summed E-state index contributed by atoms with van der Waals surface area (Å²) < 4.78 is 0. The first-order chi connectivity index (χ1) is 10.5. The highest BCUT2D eigenvalue weighted by Crippen LogP contribution is 2.33. The van der Waals surface area contributed by atoms with E-state index in [-0.39, 0.29) is 6.03 Å². The van der Waals surface area contributed by atoms with Crippen molar-refractivity contribution < 1.29 is 4.79 Å². The van der Waals surface area contributed by atoms with Crippen LogP contribution in [0.5, 0.6) is 0 Å². The number of hydrogen-bond acceptors (Lipinski definition) is 3. The van der Waals surface area contributed by atoms with Crippen molar-refractivity contribution in [2.75, 3.05) is 58.3 Å². The summed E-state index contributed by atoms with van der Waals surface area (Å²) in [6.07, 6.45) is 0. The summed E-state index contributed by atoms with van der Waals surface area (Å²) in [5.41, 5.74) is 0.860. The monoisotopic (exact) mass is 344 g/mol. The van der Waals surface area contributed by atoms with Crippen molar-refractivity contribution >= 4 is 34.9 Å². The third kappa shape index (κ3) is 4.41. The molecule has 1 fully saturated rings. The number of urea groups is 1. The molecule has 1 aliphatic rings. The first-order valence-electron chi connectivity index (χ1n) is 7.35. The van der Waals surface area contributed by atoms with Crippen LogP contribution in [0.15, 0.2) is 18.2 Å². The van der Waals surface area contributed by atoms with Gasteiger partial charge in [-0.2, -0.15) is 0 Å². The Morgan fingerprint density at radius 2 is 1.77 bits per heavy atom. The highest BCUT2D eigenvalue weighted by atomic mass is 35.5. The lowest BCUT2D eigenvalue weighted by Crippen LogP contribution is -2.52. The molecule has 0 radical (unpaired) electrons. The van der Waals surface area contributed by atoms with E-state index < -0.39 is 0 Å². The molecule has 0 aliphatic carbocycles. The van der Waals surface area contributed by atoms with Gasteiger partial charge in [0.05, 0.1) is 15.7 Å². The van der Waals surface area contributed by atoms with Crippen molar-refractivity contribution in [1.82, 2.24) is 15.1 Å². The fraction of sp³-hybridized carbons (Fsp3) is 0.533. The van der Waals surface area contributed by atoms with E-state index in [1.54, 1.807) is 0 Å². The van der Waals surface area contributed by atoms with E-state index >= 15 is 0 Å². The number of benzene rings is 1. The van der Waals surface area contributed by atoms with Crippen molar-refractivity contribution in [3.05, 3.63) is 28.2 Å². The van der Waals surface area contributed by atoms with Crippen LogP contribution in [-0.4, -0.2) is 69.2 Å². The molecular formula is C15H22Cl2N4O. The van der Waals surface area contributed by atoms with Crippen LogP contribution in [0.25, 0.3) is 0 Å². The second kappa shape index (κ2) is 7.90. The molecule has 0 atom stereocenters. The van der Waals surface area contributed by atoms with E-state index in [2.05, 4.69) is 10.2 Å². The Kier molecular flexibility index (Phi) is 6.17. The second-order valence-corrected chi connectivity index (χ2v) is 6.39. The summed E-state index contributed by atoms with van der Waals surface area (Å²) in [5, 5.41) is 4.23. The number of hydrogen-bond donors (Lipinski definition) is 1. The number of anilines is 1. The van der Waals surface area contributed by atoms with Crippen molar-refractivity contribution in [3.8, 4) is 0 Å². The predicted octanol–water partition coefficient (Wildman–Crippen LogP) is 2.39. The molecule has 1 heterocycles. The SMILES string of the molecule is CN(C)CCNC(=O)N1CCN(c2c(Cl)cccc2Cl)CC1. The van der Waals surface area contributed by atoms with Crippen LogP contribution in [0.1, 0.15) is 0 Å². The molecule has 1 N–H and O–H groups in total. The van der Waals surface area contributed by atoms with Gasteiger partial charge in [0.2, 0.25) is 0 Å². The van der Waals surface area contributed by atoms with Gasteiger partial charge >= 0.3 is 6.03 Å². The molecule has 122 valence electrons. The average molecular weight is 345 g/mol. The highest BCUT2D eigenvalue weighted by molar-refractivity contribution is 6.39. The fourth-order valence-corrected chi connectivity index (χ4v) is 3.06. The minimum absolute atomic E-state index is 0.00763. The Morgan fingerprint density at radius 1 is 1.18 bits per heavy atom. The number of nitrogens with zero attached hydrogens (tertiary/aromatic N) is 3.